The Balaban J connectivity index is 3.00. The first-order valence-electron chi connectivity index (χ1n) is 7.57. The first-order chi connectivity index (χ1) is 11.4. The summed E-state index contributed by atoms with van der Waals surface area (Å²) in [7, 11) is 3.03. The topological polar surface area (TPSA) is 71.1 Å². The average molecular weight is 452 g/mol. The van der Waals surface area contributed by atoms with Crippen molar-refractivity contribution in [2.24, 2.45) is 0 Å². The Morgan fingerprint density at radius 3 is 1.67 bits per heavy atom. The van der Waals surface area contributed by atoms with Gasteiger partial charge in [0.15, 0.2) is 0 Å². The summed E-state index contributed by atoms with van der Waals surface area (Å²) < 4.78 is 21.7. The third-order valence-corrected chi connectivity index (χ3v) is 7.43. The van der Waals surface area contributed by atoms with Crippen LogP contribution in [0.2, 0.25) is 0 Å². The van der Waals surface area contributed by atoms with Crippen molar-refractivity contribution >= 4 is 32.6 Å². The SMILES string of the molecule is COCCC(=O)OI(OC(=O)CCOC)c1c(C)cc(C)cc1C. The fourth-order valence-corrected chi connectivity index (χ4v) is 5.67. The van der Waals surface area contributed by atoms with E-state index in [9.17, 15) is 9.59 Å². The van der Waals surface area contributed by atoms with Gasteiger partial charge in [0.2, 0.25) is 0 Å². The maximum atomic E-state index is 12.0. The Hall–Kier alpha value is -1.19. The van der Waals surface area contributed by atoms with Gasteiger partial charge >= 0.3 is 151 Å². The van der Waals surface area contributed by atoms with Crippen LogP contribution in [0.4, 0.5) is 0 Å². The molecular formula is C17H25IO6. The standard InChI is InChI=1S/C17H25IO6/c1-12-10-13(2)17(14(3)11-12)18(23-15(19)6-8-21-4)24-16(20)7-9-22-5/h10-11H,6-9H2,1-5H3. The number of hydrogen-bond acceptors (Lipinski definition) is 6. The molecule has 0 fully saturated rings. The van der Waals surface area contributed by atoms with E-state index in [1.54, 1.807) is 0 Å². The minimum atomic E-state index is -2.91. The number of halogens is 1. The van der Waals surface area contributed by atoms with E-state index in [0.717, 1.165) is 20.3 Å². The number of methoxy groups -OCH3 is 2. The molecule has 0 amide bonds. The Bertz CT molecular complexity index is 527. The summed E-state index contributed by atoms with van der Waals surface area (Å²) >= 11 is -2.91. The van der Waals surface area contributed by atoms with Gasteiger partial charge in [-0.2, -0.15) is 0 Å². The molecule has 0 aliphatic rings. The van der Waals surface area contributed by atoms with Gasteiger partial charge in [0.1, 0.15) is 0 Å². The van der Waals surface area contributed by atoms with Crippen molar-refractivity contribution in [3.05, 3.63) is 32.4 Å². The molecule has 0 aliphatic carbocycles. The summed E-state index contributed by atoms with van der Waals surface area (Å²) in [6.07, 6.45) is 0.258. The van der Waals surface area contributed by atoms with E-state index in [0.29, 0.717) is 0 Å². The quantitative estimate of drug-likeness (QED) is 0.536. The van der Waals surface area contributed by atoms with E-state index in [2.05, 4.69) is 0 Å². The molecule has 0 saturated carbocycles. The van der Waals surface area contributed by atoms with Gasteiger partial charge in [0.25, 0.3) is 0 Å². The molecule has 136 valence electrons. The first-order valence-corrected chi connectivity index (χ1v) is 10.4. The maximum absolute atomic E-state index is 12.0. The van der Waals surface area contributed by atoms with Crippen molar-refractivity contribution in [3.8, 4) is 0 Å². The van der Waals surface area contributed by atoms with Crippen LogP contribution in [0.3, 0.4) is 0 Å². The normalized spacial score (nSPS) is 11.1. The fraction of sp³-hybridized carbons (Fsp3) is 0.529. The van der Waals surface area contributed by atoms with E-state index in [1.165, 1.54) is 14.2 Å². The molecule has 0 aliphatic heterocycles. The molecule has 0 aromatic heterocycles. The van der Waals surface area contributed by atoms with Gasteiger partial charge in [-0.05, 0) is 0 Å². The fourth-order valence-electron chi connectivity index (χ4n) is 2.10. The monoisotopic (exact) mass is 452 g/mol. The third kappa shape index (κ3) is 6.74. The predicted molar refractivity (Wildman–Crippen MR) is 98.5 cm³/mol. The number of carbonyl (C=O) groups is 2. The molecule has 0 spiro atoms. The van der Waals surface area contributed by atoms with Crippen molar-refractivity contribution in [2.45, 2.75) is 33.6 Å². The third-order valence-electron chi connectivity index (χ3n) is 3.07. The molecule has 0 atom stereocenters. The van der Waals surface area contributed by atoms with Gasteiger partial charge < -0.3 is 0 Å². The van der Waals surface area contributed by atoms with Crippen LogP contribution in [-0.2, 0) is 25.2 Å². The van der Waals surface area contributed by atoms with Crippen LogP contribution in [-0.4, -0.2) is 39.4 Å². The molecule has 0 heterocycles. The van der Waals surface area contributed by atoms with Crippen LogP contribution in [0.25, 0.3) is 0 Å². The van der Waals surface area contributed by atoms with Crippen LogP contribution in [0.5, 0.6) is 0 Å². The van der Waals surface area contributed by atoms with E-state index < -0.39 is 32.6 Å². The molecular weight excluding hydrogens is 427 g/mol. The summed E-state index contributed by atoms with van der Waals surface area (Å²) in [5, 5.41) is 0. The molecule has 7 heteroatoms. The van der Waals surface area contributed by atoms with Crippen molar-refractivity contribution in [1.82, 2.24) is 0 Å². The summed E-state index contributed by atoms with van der Waals surface area (Å²) in [4.78, 5) is 24.0. The zero-order chi connectivity index (χ0) is 18.1. The molecule has 0 unspecified atom stereocenters. The van der Waals surface area contributed by atoms with Gasteiger partial charge in [-0.15, -0.1) is 0 Å². The molecule has 1 rings (SSSR count). The summed E-state index contributed by atoms with van der Waals surface area (Å²) in [5.74, 6) is -0.832. The molecule has 0 bridgehead atoms. The van der Waals surface area contributed by atoms with Crippen molar-refractivity contribution < 1.29 is 25.2 Å². The van der Waals surface area contributed by atoms with Crippen LogP contribution < -0.4 is 0 Å². The Morgan fingerprint density at radius 1 is 0.875 bits per heavy atom. The zero-order valence-electron chi connectivity index (χ0n) is 14.8. The predicted octanol–water partition coefficient (Wildman–Crippen LogP) is 3.28. The Kier molecular flexibility index (Phi) is 9.24. The van der Waals surface area contributed by atoms with Crippen LogP contribution in [0, 0.1) is 24.3 Å². The summed E-state index contributed by atoms with van der Waals surface area (Å²) in [6, 6.07) is 4.00. The Labute approximate surface area is 151 Å². The molecule has 6 nitrogen and oxygen atoms in total. The summed E-state index contributed by atoms with van der Waals surface area (Å²) in [6.45, 7) is 6.41. The van der Waals surface area contributed by atoms with Crippen molar-refractivity contribution in [3.63, 3.8) is 0 Å². The first kappa shape index (κ1) is 20.9. The van der Waals surface area contributed by atoms with Crippen LogP contribution >= 0.6 is 20.6 Å². The van der Waals surface area contributed by atoms with E-state index in [-0.39, 0.29) is 26.1 Å². The Morgan fingerprint density at radius 2 is 1.29 bits per heavy atom. The van der Waals surface area contributed by atoms with Gasteiger partial charge in [0.05, 0.1) is 0 Å². The van der Waals surface area contributed by atoms with E-state index in [1.807, 2.05) is 32.9 Å². The van der Waals surface area contributed by atoms with Gasteiger partial charge in [-0.25, -0.2) is 0 Å². The second-order valence-corrected chi connectivity index (χ2v) is 8.51. The van der Waals surface area contributed by atoms with Gasteiger partial charge in [-0.1, -0.05) is 0 Å². The zero-order valence-corrected chi connectivity index (χ0v) is 17.0. The molecule has 0 saturated heterocycles. The van der Waals surface area contributed by atoms with Crippen molar-refractivity contribution in [1.29, 1.82) is 0 Å². The number of aryl methyl sites for hydroxylation is 3. The second-order valence-electron chi connectivity index (χ2n) is 5.31. The number of benzene rings is 1. The molecule has 24 heavy (non-hydrogen) atoms. The minimum absolute atomic E-state index is 0.129. The molecule has 0 radical (unpaired) electrons. The molecule has 1 aromatic carbocycles. The van der Waals surface area contributed by atoms with Crippen LogP contribution in [0.15, 0.2) is 12.1 Å². The van der Waals surface area contributed by atoms with Crippen LogP contribution in [0.1, 0.15) is 29.5 Å². The van der Waals surface area contributed by atoms with Gasteiger partial charge in [-0.3, -0.25) is 0 Å². The van der Waals surface area contributed by atoms with E-state index >= 15 is 0 Å². The average Bonchev–Trinajstić information content (AvgIpc) is 2.49. The molecule has 1 aromatic rings. The number of ether oxygens (including phenoxy) is 2. The number of rotatable bonds is 9. The number of carbonyl (C=O) groups excluding carboxylic acids is 2. The summed E-state index contributed by atoms with van der Waals surface area (Å²) in [5.41, 5.74) is 3.05. The molecule has 0 N–H and O–H groups in total. The second kappa shape index (κ2) is 10.6. The van der Waals surface area contributed by atoms with Gasteiger partial charge in [0, 0.05) is 0 Å². The number of hydrogen-bond donors (Lipinski definition) is 0. The van der Waals surface area contributed by atoms with Crippen molar-refractivity contribution in [2.75, 3.05) is 27.4 Å². The van der Waals surface area contributed by atoms with E-state index in [4.69, 9.17) is 15.6 Å².